The van der Waals surface area contributed by atoms with Crippen LogP contribution in [0.1, 0.15) is 42.0 Å². The van der Waals surface area contributed by atoms with Crippen molar-refractivity contribution in [2.24, 2.45) is 0 Å². The number of alkyl halides is 3. The van der Waals surface area contributed by atoms with Gasteiger partial charge in [-0.1, -0.05) is 67.6 Å². The number of hydrogen-bond donors (Lipinski definition) is 1. The molecule has 1 unspecified atom stereocenters. The minimum Gasteiger partial charge on any atom is -0.494 e. The number of nitrogens with one attached hydrogen (secondary N) is 1. The van der Waals surface area contributed by atoms with Crippen molar-refractivity contribution in [1.82, 2.24) is 15.2 Å². The molecule has 248 valence electrons. The molecular weight excluding hydrogens is 615 g/mol. The Kier molecular flexibility index (Phi) is 8.98. The number of benzene rings is 4. The Morgan fingerprint density at radius 2 is 1.71 bits per heavy atom. The summed E-state index contributed by atoms with van der Waals surface area (Å²) in [7, 11) is 0. The average molecular weight is 654 g/mol. The molecule has 0 amide bonds. The van der Waals surface area contributed by atoms with E-state index in [1.807, 2.05) is 60.7 Å². The lowest BCUT2D eigenvalue weighted by molar-refractivity contribution is -0.136. The van der Waals surface area contributed by atoms with Crippen LogP contribution in [0.4, 0.5) is 13.2 Å². The van der Waals surface area contributed by atoms with Crippen molar-refractivity contribution in [3.8, 4) is 28.4 Å². The summed E-state index contributed by atoms with van der Waals surface area (Å²) < 4.78 is 59.4. The zero-order chi connectivity index (χ0) is 33.1. The summed E-state index contributed by atoms with van der Waals surface area (Å²) in [6, 6.07) is 28.0. The Hall–Kier alpha value is -4.60. The molecule has 7 rings (SSSR count). The molecule has 48 heavy (non-hydrogen) atoms. The highest BCUT2D eigenvalue weighted by Crippen LogP contribution is 2.40. The SMILES string of the molecule is CCC1(c2ccc3c(c2)OCCO3)CN(CCCOc2ccc(-c3c(Cc4ccccc4)cnc4c(C(F)(F)F)cccc34)cc2)CN1. The summed E-state index contributed by atoms with van der Waals surface area (Å²) in [5, 5.41) is 4.22. The summed E-state index contributed by atoms with van der Waals surface area (Å²) in [6.45, 7) is 6.45. The molecule has 3 heterocycles. The van der Waals surface area contributed by atoms with E-state index in [2.05, 4.69) is 34.3 Å². The second kappa shape index (κ2) is 13.5. The van der Waals surface area contributed by atoms with E-state index in [0.717, 1.165) is 78.2 Å². The summed E-state index contributed by atoms with van der Waals surface area (Å²) >= 11 is 0. The van der Waals surface area contributed by atoms with Gasteiger partial charge in [0.1, 0.15) is 19.0 Å². The standard InChI is InChI=1S/C39H38F3N3O3/c1-2-38(30-14-17-34-35(23-30)48-21-20-47-34)25-45(26-44-38)18-7-19-46-31-15-12-28(13-16-31)36-29(22-27-8-4-3-5-9-27)24-43-37-32(36)10-6-11-33(37)39(40,41)42/h3-6,8-17,23-24,44H,2,7,18-22,25-26H2,1H3. The molecule has 2 aliphatic heterocycles. The lowest BCUT2D eigenvalue weighted by Crippen LogP contribution is -2.39. The van der Waals surface area contributed by atoms with Crippen LogP contribution < -0.4 is 19.5 Å². The minimum absolute atomic E-state index is 0.0467. The predicted molar refractivity (Wildman–Crippen MR) is 181 cm³/mol. The number of ether oxygens (including phenoxy) is 3. The molecule has 5 aromatic rings. The maximum Gasteiger partial charge on any atom is 0.418 e. The molecule has 0 saturated carbocycles. The third-order valence-corrected chi connectivity index (χ3v) is 9.38. The van der Waals surface area contributed by atoms with Gasteiger partial charge in [-0.3, -0.25) is 15.2 Å². The van der Waals surface area contributed by atoms with Crippen LogP contribution in [0.3, 0.4) is 0 Å². The maximum atomic E-state index is 13.9. The van der Waals surface area contributed by atoms with Crippen LogP contribution in [0.25, 0.3) is 22.0 Å². The Bertz CT molecular complexity index is 1880. The Balaban J connectivity index is 1.03. The fourth-order valence-corrected chi connectivity index (χ4v) is 6.87. The van der Waals surface area contributed by atoms with Gasteiger partial charge in [-0.05, 0) is 77.4 Å². The van der Waals surface area contributed by atoms with E-state index in [-0.39, 0.29) is 11.1 Å². The molecule has 6 nitrogen and oxygen atoms in total. The number of aromatic nitrogens is 1. The van der Waals surface area contributed by atoms with E-state index in [1.165, 1.54) is 11.6 Å². The number of rotatable bonds is 10. The molecule has 1 aromatic heterocycles. The van der Waals surface area contributed by atoms with Crippen molar-refractivity contribution in [2.75, 3.05) is 39.6 Å². The minimum atomic E-state index is -4.50. The van der Waals surface area contributed by atoms with Gasteiger partial charge in [-0.25, -0.2) is 0 Å². The molecule has 1 fully saturated rings. The number of pyridine rings is 1. The topological polar surface area (TPSA) is 55.9 Å². The molecule has 0 aliphatic carbocycles. The third kappa shape index (κ3) is 6.57. The Morgan fingerprint density at radius 1 is 0.917 bits per heavy atom. The van der Waals surface area contributed by atoms with E-state index >= 15 is 0 Å². The highest BCUT2D eigenvalue weighted by atomic mass is 19.4. The van der Waals surface area contributed by atoms with Gasteiger partial charge in [-0.2, -0.15) is 13.2 Å². The lowest BCUT2D eigenvalue weighted by atomic mass is 9.87. The number of halogens is 3. The number of fused-ring (bicyclic) bond motifs is 2. The molecule has 2 aliphatic rings. The smallest absolute Gasteiger partial charge is 0.418 e. The molecule has 0 bridgehead atoms. The quantitative estimate of drug-likeness (QED) is 0.153. The summed E-state index contributed by atoms with van der Waals surface area (Å²) in [6.07, 6.45) is -0.577. The van der Waals surface area contributed by atoms with Crippen molar-refractivity contribution in [2.45, 2.75) is 37.9 Å². The first-order valence-electron chi connectivity index (χ1n) is 16.5. The molecule has 0 radical (unpaired) electrons. The van der Waals surface area contributed by atoms with Crippen molar-refractivity contribution >= 4 is 10.9 Å². The molecular formula is C39H38F3N3O3. The van der Waals surface area contributed by atoms with Gasteiger partial charge in [0.15, 0.2) is 11.5 Å². The van der Waals surface area contributed by atoms with Crippen LogP contribution in [0.2, 0.25) is 0 Å². The van der Waals surface area contributed by atoms with E-state index < -0.39 is 11.7 Å². The number of para-hydroxylation sites is 1. The zero-order valence-electron chi connectivity index (χ0n) is 26.9. The van der Waals surface area contributed by atoms with Crippen molar-refractivity contribution in [3.05, 3.63) is 119 Å². The van der Waals surface area contributed by atoms with Crippen molar-refractivity contribution < 1.29 is 27.4 Å². The summed E-state index contributed by atoms with van der Waals surface area (Å²) in [5.41, 5.74) is 3.76. The van der Waals surface area contributed by atoms with Gasteiger partial charge in [0, 0.05) is 31.3 Å². The van der Waals surface area contributed by atoms with Crippen LogP contribution in [-0.4, -0.2) is 49.5 Å². The first-order valence-corrected chi connectivity index (χ1v) is 16.5. The molecule has 0 spiro atoms. The average Bonchev–Trinajstić information content (AvgIpc) is 3.54. The molecule has 4 aromatic carbocycles. The molecule has 1 N–H and O–H groups in total. The predicted octanol–water partition coefficient (Wildman–Crippen LogP) is 8.22. The van der Waals surface area contributed by atoms with Crippen LogP contribution >= 0.6 is 0 Å². The largest absolute Gasteiger partial charge is 0.494 e. The Morgan fingerprint density at radius 3 is 2.48 bits per heavy atom. The maximum absolute atomic E-state index is 13.9. The molecule has 1 saturated heterocycles. The normalized spacial score (nSPS) is 17.9. The van der Waals surface area contributed by atoms with Gasteiger partial charge in [0.2, 0.25) is 0 Å². The second-order valence-corrected chi connectivity index (χ2v) is 12.4. The van der Waals surface area contributed by atoms with Gasteiger partial charge in [0.25, 0.3) is 0 Å². The second-order valence-electron chi connectivity index (χ2n) is 12.4. The van der Waals surface area contributed by atoms with E-state index in [4.69, 9.17) is 14.2 Å². The van der Waals surface area contributed by atoms with Crippen molar-refractivity contribution in [3.63, 3.8) is 0 Å². The summed E-state index contributed by atoms with van der Waals surface area (Å²) in [5.74, 6) is 2.33. The van der Waals surface area contributed by atoms with Gasteiger partial charge in [-0.15, -0.1) is 0 Å². The van der Waals surface area contributed by atoms with E-state index in [9.17, 15) is 13.2 Å². The van der Waals surface area contributed by atoms with Gasteiger partial charge >= 0.3 is 6.18 Å². The van der Waals surface area contributed by atoms with E-state index in [1.54, 1.807) is 12.3 Å². The van der Waals surface area contributed by atoms with Crippen LogP contribution in [0.15, 0.2) is 97.2 Å². The van der Waals surface area contributed by atoms with E-state index in [0.29, 0.717) is 31.6 Å². The third-order valence-electron chi connectivity index (χ3n) is 9.38. The monoisotopic (exact) mass is 653 g/mol. The van der Waals surface area contributed by atoms with Crippen LogP contribution in [-0.2, 0) is 18.1 Å². The van der Waals surface area contributed by atoms with Gasteiger partial charge in [0.05, 0.1) is 23.2 Å². The first kappa shape index (κ1) is 32.0. The zero-order valence-corrected chi connectivity index (χ0v) is 26.9. The summed E-state index contributed by atoms with van der Waals surface area (Å²) in [4.78, 5) is 6.72. The number of nitrogens with zero attached hydrogens (tertiary/aromatic N) is 2. The van der Waals surface area contributed by atoms with Gasteiger partial charge < -0.3 is 14.2 Å². The van der Waals surface area contributed by atoms with Crippen LogP contribution in [0.5, 0.6) is 17.2 Å². The first-order chi connectivity index (χ1) is 23.3. The fourth-order valence-electron chi connectivity index (χ4n) is 6.87. The molecule has 9 heteroatoms. The fraction of sp³-hybridized carbons (Fsp3) is 0.308. The van der Waals surface area contributed by atoms with Crippen molar-refractivity contribution in [1.29, 1.82) is 0 Å². The Labute approximate surface area is 278 Å². The molecule has 1 atom stereocenters. The highest BCUT2D eigenvalue weighted by molar-refractivity contribution is 5.98. The number of hydrogen-bond acceptors (Lipinski definition) is 6. The van der Waals surface area contributed by atoms with Crippen LogP contribution in [0, 0.1) is 0 Å². The lowest BCUT2D eigenvalue weighted by Gasteiger charge is -2.30. The highest BCUT2D eigenvalue weighted by Gasteiger charge is 2.38.